The van der Waals surface area contributed by atoms with Crippen molar-refractivity contribution in [3.63, 3.8) is 0 Å². The van der Waals surface area contributed by atoms with Gasteiger partial charge in [0.25, 0.3) is 10.0 Å². The van der Waals surface area contributed by atoms with E-state index >= 15 is 0 Å². The second-order valence-corrected chi connectivity index (χ2v) is 8.79. The summed E-state index contributed by atoms with van der Waals surface area (Å²) in [5.41, 5.74) is 0.906. The zero-order valence-electron chi connectivity index (χ0n) is 16.5. The van der Waals surface area contributed by atoms with E-state index in [1.165, 1.54) is 10.5 Å². The van der Waals surface area contributed by atoms with E-state index in [0.29, 0.717) is 31.9 Å². The first kappa shape index (κ1) is 20.3. The lowest BCUT2D eigenvalue weighted by atomic mass is 10.1. The van der Waals surface area contributed by atoms with Crippen LogP contribution < -0.4 is 4.74 Å². The number of amides is 1. The van der Waals surface area contributed by atoms with E-state index in [1.54, 1.807) is 30.5 Å². The van der Waals surface area contributed by atoms with Crippen molar-refractivity contribution in [3.8, 4) is 5.75 Å². The second kappa shape index (κ2) is 8.32. The maximum Gasteiger partial charge on any atom is 0.262 e. The molecule has 2 aromatic rings. The summed E-state index contributed by atoms with van der Waals surface area (Å²) in [6.45, 7) is 3.33. The van der Waals surface area contributed by atoms with Gasteiger partial charge in [-0.1, -0.05) is 12.1 Å². The fraction of sp³-hybridized carbons (Fsp3) is 0.474. The SMILES string of the molecule is COc1ccc(CC(=O)N2CCCN(S(=O)(=O)c3cn(C)c(C)n3)CC2)cc1. The normalized spacial score (nSPS) is 16.0. The molecule has 2 heterocycles. The van der Waals surface area contributed by atoms with Crippen LogP contribution in [0.25, 0.3) is 0 Å². The van der Waals surface area contributed by atoms with Crippen LogP contribution in [0, 0.1) is 6.92 Å². The van der Waals surface area contributed by atoms with Crippen LogP contribution in [-0.2, 0) is 28.3 Å². The molecule has 0 bridgehead atoms. The average molecular weight is 407 g/mol. The van der Waals surface area contributed by atoms with Crippen molar-refractivity contribution in [2.45, 2.75) is 24.8 Å². The van der Waals surface area contributed by atoms with Gasteiger partial charge < -0.3 is 14.2 Å². The molecule has 1 fully saturated rings. The summed E-state index contributed by atoms with van der Waals surface area (Å²) in [5, 5.41) is 0.0607. The monoisotopic (exact) mass is 406 g/mol. The van der Waals surface area contributed by atoms with Gasteiger partial charge in [0.2, 0.25) is 5.91 Å². The highest BCUT2D eigenvalue weighted by Crippen LogP contribution is 2.18. The third-order valence-corrected chi connectivity index (χ3v) is 6.78. The van der Waals surface area contributed by atoms with Crippen molar-refractivity contribution < 1.29 is 17.9 Å². The molecule has 0 radical (unpaired) electrons. The number of rotatable bonds is 5. The highest BCUT2D eigenvalue weighted by Gasteiger charge is 2.30. The molecule has 152 valence electrons. The fourth-order valence-electron chi connectivity index (χ4n) is 3.20. The first-order valence-corrected chi connectivity index (χ1v) is 10.7. The molecular weight excluding hydrogens is 380 g/mol. The van der Waals surface area contributed by atoms with Gasteiger partial charge in [0.15, 0.2) is 5.03 Å². The van der Waals surface area contributed by atoms with E-state index in [4.69, 9.17) is 4.74 Å². The molecule has 1 aliphatic rings. The topological polar surface area (TPSA) is 84.7 Å². The maximum absolute atomic E-state index is 12.9. The third-order valence-electron chi connectivity index (χ3n) is 5.01. The molecule has 0 aliphatic carbocycles. The van der Waals surface area contributed by atoms with Crippen molar-refractivity contribution in [2.75, 3.05) is 33.3 Å². The predicted molar refractivity (Wildman–Crippen MR) is 105 cm³/mol. The zero-order valence-corrected chi connectivity index (χ0v) is 17.3. The number of aromatic nitrogens is 2. The van der Waals surface area contributed by atoms with Gasteiger partial charge in [0.05, 0.1) is 13.5 Å². The molecule has 0 spiro atoms. The Morgan fingerprint density at radius 1 is 1.14 bits per heavy atom. The Kier molecular flexibility index (Phi) is 6.04. The van der Waals surface area contributed by atoms with Crippen molar-refractivity contribution in [3.05, 3.63) is 41.9 Å². The highest BCUT2D eigenvalue weighted by atomic mass is 32.2. The molecule has 1 aliphatic heterocycles. The van der Waals surface area contributed by atoms with Crippen LogP contribution in [0.4, 0.5) is 0 Å². The van der Waals surface area contributed by atoms with Crippen LogP contribution in [-0.4, -0.2) is 66.4 Å². The number of hydrogen-bond acceptors (Lipinski definition) is 5. The van der Waals surface area contributed by atoms with Gasteiger partial charge >= 0.3 is 0 Å². The molecule has 0 atom stereocenters. The smallest absolute Gasteiger partial charge is 0.262 e. The maximum atomic E-state index is 12.9. The predicted octanol–water partition coefficient (Wildman–Crippen LogP) is 1.20. The van der Waals surface area contributed by atoms with E-state index in [9.17, 15) is 13.2 Å². The van der Waals surface area contributed by atoms with Crippen molar-refractivity contribution in [2.24, 2.45) is 7.05 Å². The van der Waals surface area contributed by atoms with Crippen molar-refractivity contribution in [1.29, 1.82) is 0 Å². The van der Waals surface area contributed by atoms with E-state index in [0.717, 1.165) is 11.3 Å². The summed E-state index contributed by atoms with van der Waals surface area (Å²) in [5.74, 6) is 1.39. The Morgan fingerprint density at radius 2 is 1.86 bits per heavy atom. The van der Waals surface area contributed by atoms with Gasteiger partial charge in [-0.15, -0.1) is 0 Å². The first-order chi connectivity index (χ1) is 13.3. The molecule has 9 heteroatoms. The van der Waals surface area contributed by atoms with E-state index in [1.807, 2.05) is 24.3 Å². The summed E-state index contributed by atoms with van der Waals surface area (Å²) in [4.78, 5) is 18.6. The first-order valence-electron chi connectivity index (χ1n) is 9.22. The zero-order chi connectivity index (χ0) is 20.3. The third kappa shape index (κ3) is 4.36. The number of imidazole rings is 1. The molecule has 0 saturated carbocycles. The van der Waals surface area contributed by atoms with Gasteiger partial charge in [-0.2, -0.15) is 4.31 Å². The molecule has 28 heavy (non-hydrogen) atoms. The summed E-state index contributed by atoms with van der Waals surface area (Å²) in [6, 6.07) is 7.39. The van der Waals surface area contributed by atoms with Crippen LogP contribution in [0.5, 0.6) is 5.75 Å². The minimum atomic E-state index is -3.65. The Balaban J connectivity index is 1.64. The Bertz CT molecular complexity index is 918. The number of aryl methyl sites for hydroxylation is 2. The van der Waals surface area contributed by atoms with Crippen LogP contribution in [0.3, 0.4) is 0 Å². The van der Waals surface area contributed by atoms with Gasteiger partial charge in [-0.3, -0.25) is 4.79 Å². The summed E-state index contributed by atoms with van der Waals surface area (Å²) < 4.78 is 34.0. The highest BCUT2D eigenvalue weighted by molar-refractivity contribution is 7.89. The Hall–Kier alpha value is -2.39. The van der Waals surface area contributed by atoms with Crippen LogP contribution in [0.1, 0.15) is 17.8 Å². The number of carbonyl (C=O) groups is 1. The van der Waals surface area contributed by atoms with Crippen LogP contribution in [0.2, 0.25) is 0 Å². The molecule has 1 saturated heterocycles. The quantitative estimate of drug-likeness (QED) is 0.745. The van der Waals surface area contributed by atoms with E-state index in [2.05, 4.69) is 4.98 Å². The molecule has 1 aromatic carbocycles. The lowest BCUT2D eigenvalue weighted by molar-refractivity contribution is -0.130. The molecule has 3 rings (SSSR count). The van der Waals surface area contributed by atoms with Crippen molar-refractivity contribution >= 4 is 15.9 Å². The summed E-state index contributed by atoms with van der Waals surface area (Å²) in [7, 11) is -0.285. The summed E-state index contributed by atoms with van der Waals surface area (Å²) in [6.07, 6.45) is 2.41. The van der Waals surface area contributed by atoms with Gasteiger partial charge in [-0.05, 0) is 31.0 Å². The molecular formula is C19H26N4O4S. The Morgan fingerprint density at radius 3 is 2.46 bits per heavy atom. The number of ether oxygens (including phenoxy) is 1. The number of nitrogens with zero attached hydrogens (tertiary/aromatic N) is 4. The van der Waals surface area contributed by atoms with E-state index in [-0.39, 0.29) is 23.9 Å². The number of methoxy groups -OCH3 is 1. The lowest BCUT2D eigenvalue weighted by Gasteiger charge is -2.21. The number of benzene rings is 1. The van der Waals surface area contributed by atoms with Crippen LogP contribution >= 0.6 is 0 Å². The molecule has 1 aromatic heterocycles. The lowest BCUT2D eigenvalue weighted by Crippen LogP contribution is -2.38. The van der Waals surface area contributed by atoms with E-state index < -0.39 is 10.0 Å². The average Bonchev–Trinajstić information content (AvgIpc) is 2.88. The number of sulfonamides is 1. The van der Waals surface area contributed by atoms with Gasteiger partial charge in [0, 0.05) is 39.4 Å². The van der Waals surface area contributed by atoms with Gasteiger partial charge in [0.1, 0.15) is 11.6 Å². The molecule has 1 amide bonds. The standard InChI is InChI=1S/C19H26N4O4S/c1-15-20-18(14-21(15)2)28(25,26)23-10-4-9-22(11-12-23)19(24)13-16-5-7-17(27-3)8-6-16/h5-8,14H,4,9-13H2,1-3H3. The molecule has 0 N–H and O–H groups in total. The fourth-order valence-corrected chi connectivity index (χ4v) is 4.69. The minimum absolute atomic E-state index is 0.00176. The number of hydrogen-bond donors (Lipinski definition) is 0. The molecule has 0 unspecified atom stereocenters. The minimum Gasteiger partial charge on any atom is -0.497 e. The summed E-state index contributed by atoms with van der Waals surface area (Å²) >= 11 is 0. The number of carbonyl (C=O) groups excluding carboxylic acids is 1. The Labute approximate surface area is 165 Å². The molecule has 8 nitrogen and oxygen atoms in total. The largest absolute Gasteiger partial charge is 0.497 e. The van der Waals surface area contributed by atoms with Crippen molar-refractivity contribution in [1.82, 2.24) is 18.8 Å². The van der Waals surface area contributed by atoms with Crippen LogP contribution in [0.15, 0.2) is 35.5 Å². The van der Waals surface area contributed by atoms with Gasteiger partial charge in [-0.25, -0.2) is 13.4 Å². The second-order valence-electron chi connectivity index (χ2n) is 6.90.